The minimum atomic E-state index is 0.390. The summed E-state index contributed by atoms with van der Waals surface area (Å²) in [4.78, 5) is 0. The van der Waals surface area contributed by atoms with E-state index < -0.39 is 0 Å². The van der Waals surface area contributed by atoms with Crippen LogP contribution in [0.4, 0.5) is 0 Å². The predicted octanol–water partition coefficient (Wildman–Crippen LogP) is 3.37. The van der Waals surface area contributed by atoms with Gasteiger partial charge in [-0.25, -0.2) is 0 Å². The zero-order chi connectivity index (χ0) is 8.44. The second-order valence-electron chi connectivity index (χ2n) is 4.66. The smallest absolute Gasteiger partial charge is 0.0286 e. The van der Waals surface area contributed by atoms with Gasteiger partial charge in [-0.1, -0.05) is 31.1 Å². The predicted molar refractivity (Wildman–Crippen MR) is 51.7 cm³/mol. The Labute approximate surface area is 75.7 Å². The van der Waals surface area contributed by atoms with Crippen molar-refractivity contribution in [2.75, 3.05) is 0 Å². The van der Waals surface area contributed by atoms with Gasteiger partial charge in [0.25, 0.3) is 0 Å². The zero-order valence-corrected chi connectivity index (χ0v) is 8.03. The Morgan fingerprint density at radius 3 is 2.33 bits per heavy atom. The maximum Gasteiger partial charge on any atom is 0.0286 e. The van der Waals surface area contributed by atoms with Crippen LogP contribution in [0.3, 0.4) is 0 Å². The van der Waals surface area contributed by atoms with Crippen LogP contribution in [0, 0.1) is 23.2 Å². The summed E-state index contributed by atoms with van der Waals surface area (Å²) in [6.07, 6.45) is 9.64. The van der Waals surface area contributed by atoms with E-state index in [0.717, 1.165) is 5.92 Å². The molecule has 0 nitrogen and oxygen atoms in total. The molecule has 0 heterocycles. The molecule has 0 amide bonds. The lowest BCUT2D eigenvalue weighted by molar-refractivity contribution is 0.299. The van der Waals surface area contributed by atoms with Gasteiger partial charge in [-0.05, 0) is 32.6 Å². The van der Waals surface area contributed by atoms with Crippen molar-refractivity contribution >= 4 is 0 Å². The Bertz CT molecular complexity index is 206. The van der Waals surface area contributed by atoms with Gasteiger partial charge in [-0.15, -0.1) is 0 Å². The van der Waals surface area contributed by atoms with Gasteiger partial charge in [-0.2, -0.15) is 0 Å². The Balaban J connectivity index is 1.94. The normalized spacial score (nSPS) is 27.4. The van der Waals surface area contributed by atoms with Gasteiger partial charge in [-0.3, -0.25) is 0 Å². The van der Waals surface area contributed by atoms with Crippen molar-refractivity contribution in [3.05, 3.63) is 0 Å². The first-order valence-corrected chi connectivity index (χ1v) is 5.31. The molecule has 0 aromatic carbocycles. The Hall–Kier alpha value is -0.440. The van der Waals surface area contributed by atoms with Crippen molar-refractivity contribution in [1.29, 1.82) is 0 Å². The second kappa shape index (κ2) is 3.13. The van der Waals surface area contributed by atoms with Crippen molar-refractivity contribution in [2.45, 2.75) is 51.9 Å². The molecule has 12 heavy (non-hydrogen) atoms. The highest BCUT2D eigenvalue weighted by atomic mass is 14.3. The molecule has 0 aromatic heterocycles. The molecule has 0 N–H and O–H groups in total. The summed E-state index contributed by atoms with van der Waals surface area (Å²) in [5, 5.41) is 0. The van der Waals surface area contributed by atoms with Crippen molar-refractivity contribution in [3.63, 3.8) is 0 Å². The number of hydrogen-bond acceptors (Lipinski definition) is 0. The van der Waals surface area contributed by atoms with Crippen molar-refractivity contribution in [2.24, 2.45) is 11.3 Å². The van der Waals surface area contributed by atoms with E-state index in [9.17, 15) is 0 Å². The molecule has 2 saturated carbocycles. The number of hydrogen-bond donors (Lipinski definition) is 0. The third kappa shape index (κ3) is 2.03. The van der Waals surface area contributed by atoms with Gasteiger partial charge in [0.15, 0.2) is 0 Å². The molecule has 0 bridgehead atoms. The third-order valence-electron chi connectivity index (χ3n) is 3.11. The monoisotopic (exact) mass is 162 g/mol. The molecule has 0 radical (unpaired) electrons. The van der Waals surface area contributed by atoms with E-state index in [1.165, 1.54) is 44.9 Å². The minimum Gasteiger partial charge on any atom is -0.0993 e. The van der Waals surface area contributed by atoms with Gasteiger partial charge in [0, 0.05) is 11.3 Å². The minimum absolute atomic E-state index is 0.390. The first kappa shape index (κ1) is 8.17. The van der Waals surface area contributed by atoms with E-state index in [1.807, 2.05) is 0 Å². The molecule has 0 aliphatic heterocycles. The first-order chi connectivity index (χ1) is 5.79. The molecule has 0 aromatic rings. The van der Waals surface area contributed by atoms with Crippen LogP contribution >= 0.6 is 0 Å². The van der Waals surface area contributed by atoms with Crippen LogP contribution in [-0.2, 0) is 0 Å². The summed E-state index contributed by atoms with van der Waals surface area (Å²) in [5.41, 5.74) is 0.390. The summed E-state index contributed by atoms with van der Waals surface area (Å²) in [6, 6.07) is 0. The van der Waals surface area contributed by atoms with E-state index in [4.69, 9.17) is 0 Å². The number of rotatable bonds is 0. The van der Waals surface area contributed by atoms with Gasteiger partial charge in [0.1, 0.15) is 0 Å². The second-order valence-corrected chi connectivity index (χ2v) is 4.66. The van der Waals surface area contributed by atoms with Crippen molar-refractivity contribution in [1.82, 2.24) is 0 Å². The molecule has 0 unspecified atom stereocenters. The fraction of sp³-hybridized carbons (Fsp3) is 0.833. The third-order valence-corrected chi connectivity index (χ3v) is 3.11. The average Bonchev–Trinajstić information content (AvgIpc) is 2.85. The van der Waals surface area contributed by atoms with Crippen LogP contribution in [0.15, 0.2) is 0 Å². The highest BCUT2D eigenvalue weighted by Gasteiger charge is 2.25. The van der Waals surface area contributed by atoms with Crippen LogP contribution in [0.25, 0.3) is 0 Å². The Morgan fingerprint density at radius 2 is 1.75 bits per heavy atom. The van der Waals surface area contributed by atoms with E-state index in [1.54, 1.807) is 0 Å². The van der Waals surface area contributed by atoms with Gasteiger partial charge >= 0.3 is 0 Å². The highest BCUT2D eigenvalue weighted by molar-refractivity contribution is 5.16. The standard InChI is InChI=1S/C12H18/c1-12(8-3-2-4-9-12)10-7-11-5-6-11/h11H,2-6,8-9H2,1H3. The fourth-order valence-corrected chi connectivity index (χ4v) is 1.96. The molecule has 2 fully saturated rings. The summed E-state index contributed by atoms with van der Waals surface area (Å²) in [5.74, 6) is 7.71. The van der Waals surface area contributed by atoms with Gasteiger partial charge in [0.2, 0.25) is 0 Å². The molecular formula is C12H18. The van der Waals surface area contributed by atoms with Gasteiger partial charge < -0.3 is 0 Å². The Kier molecular flexibility index (Phi) is 2.13. The summed E-state index contributed by atoms with van der Waals surface area (Å²) in [6.45, 7) is 2.35. The maximum absolute atomic E-state index is 3.51. The largest absolute Gasteiger partial charge is 0.0993 e. The van der Waals surface area contributed by atoms with Crippen LogP contribution < -0.4 is 0 Å². The SMILES string of the molecule is CC1(C#CC2CC2)CCCCC1. The Morgan fingerprint density at radius 1 is 1.08 bits per heavy atom. The zero-order valence-electron chi connectivity index (χ0n) is 8.03. The van der Waals surface area contributed by atoms with Gasteiger partial charge in [0.05, 0.1) is 0 Å². The summed E-state index contributed by atoms with van der Waals surface area (Å²) < 4.78 is 0. The average molecular weight is 162 g/mol. The van der Waals surface area contributed by atoms with Crippen LogP contribution in [0.5, 0.6) is 0 Å². The van der Waals surface area contributed by atoms with E-state index in [0.29, 0.717) is 5.41 Å². The molecule has 0 heteroatoms. The lowest BCUT2D eigenvalue weighted by Crippen LogP contribution is -2.17. The van der Waals surface area contributed by atoms with Crippen LogP contribution in [-0.4, -0.2) is 0 Å². The summed E-state index contributed by atoms with van der Waals surface area (Å²) in [7, 11) is 0. The maximum atomic E-state index is 3.51. The quantitative estimate of drug-likeness (QED) is 0.479. The molecule has 2 rings (SSSR count). The molecule has 66 valence electrons. The molecule has 2 aliphatic carbocycles. The van der Waals surface area contributed by atoms with E-state index in [-0.39, 0.29) is 0 Å². The van der Waals surface area contributed by atoms with E-state index in [2.05, 4.69) is 18.8 Å². The molecular weight excluding hydrogens is 144 g/mol. The van der Waals surface area contributed by atoms with Crippen molar-refractivity contribution < 1.29 is 0 Å². The van der Waals surface area contributed by atoms with Crippen LogP contribution in [0.1, 0.15) is 51.9 Å². The molecule has 0 spiro atoms. The van der Waals surface area contributed by atoms with E-state index >= 15 is 0 Å². The fourth-order valence-electron chi connectivity index (χ4n) is 1.96. The highest BCUT2D eigenvalue weighted by Crippen LogP contribution is 2.36. The van der Waals surface area contributed by atoms with Crippen LogP contribution in [0.2, 0.25) is 0 Å². The van der Waals surface area contributed by atoms with Crippen molar-refractivity contribution in [3.8, 4) is 11.8 Å². The molecule has 2 aliphatic rings. The first-order valence-electron chi connectivity index (χ1n) is 5.31. The summed E-state index contributed by atoms with van der Waals surface area (Å²) >= 11 is 0. The molecule has 0 atom stereocenters. The topological polar surface area (TPSA) is 0 Å². The molecule has 0 saturated heterocycles. The lowest BCUT2D eigenvalue weighted by atomic mass is 9.76. The lowest BCUT2D eigenvalue weighted by Gasteiger charge is -2.27.